The second kappa shape index (κ2) is 6.50. The molecule has 1 amide bonds. The molecule has 1 fully saturated rings. The molecule has 1 N–H and O–H groups in total. The second-order valence-corrected chi connectivity index (χ2v) is 6.12. The number of carbonyl (C=O) groups is 1. The van der Waals surface area contributed by atoms with E-state index in [1.165, 1.54) is 0 Å². The van der Waals surface area contributed by atoms with Crippen molar-refractivity contribution in [2.75, 3.05) is 19.7 Å². The molecule has 0 atom stereocenters. The monoisotopic (exact) mass is 315 g/mol. The van der Waals surface area contributed by atoms with Gasteiger partial charge in [0.2, 0.25) is 0 Å². The summed E-state index contributed by atoms with van der Waals surface area (Å²) >= 11 is 0. The van der Waals surface area contributed by atoms with Crippen LogP contribution in [0.3, 0.4) is 0 Å². The van der Waals surface area contributed by atoms with Crippen LogP contribution in [0.15, 0.2) is 35.1 Å². The van der Waals surface area contributed by atoms with Gasteiger partial charge in [-0.3, -0.25) is 9.78 Å². The van der Waals surface area contributed by atoms with Gasteiger partial charge in [-0.1, -0.05) is 12.1 Å². The van der Waals surface area contributed by atoms with Gasteiger partial charge in [0.05, 0.1) is 0 Å². The lowest BCUT2D eigenvalue weighted by molar-refractivity contribution is 0.0332. The molecule has 1 aliphatic heterocycles. The minimum Gasteiger partial charge on any atom is -0.396 e. The van der Waals surface area contributed by atoms with Gasteiger partial charge < -0.3 is 14.5 Å². The van der Waals surface area contributed by atoms with Crippen LogP contribution in [-0.2, 0) is 0 Å². The molecule has 0 spiro atoms. The van der Waals surface area contributed by atoms with Crippen LogP contribution in [0, 0.1) is 5.41 Å². The average Bonchev–Trinajstić information content (AvgIpc) is 3.12. The SMILES string of the molecule is CCC1(CO)CCN(C(=O)c2cc(-c3cccnc3)on2)CC1. The minimum absolute atomic E-state index is 0.0402. The number of amides is 1. The molecule has 1 aliphatic rings. The molecule has 2 aromatic rings. The lowest BCUT2D eigenvalue weighted by atomic mass is 9.77. The Morgan fingerprint density at radius 3 is 2.83 bits per heavy atom. The maximum absolute atomic E-state index is 12.6. The molecule has 0 radical (unpaired) electrons. The van der Waals surface area contributed by atoms with Crippen LogP contribution in [0.2, 0.25) is 0 Å². The third-order valence-electron chi connectivity index (χ3n) is 4.87. The Hall–Kier alpha value is -2.21. The first-order valence-corrected chi connectivity index (χ1v) is 7.95. The standard InChI is InChI=1S/C17H21N3O3/c1-2-17(12-21)5-8-20(9-6-17)16(22)14-10-15(23-19-14)13-4-3-7-18-11-13/h3-4,7,10-11,21H,2,5-6,8-9,12H2,1H3. The molecule has 1 saturated heterocycles. The zero-order chi connectivity index (χ0) is 16.3. The number of rotatable bonds is 4. The van der Waals surface area contributed by atoms with Gasteiger partial charge in [-0.15, -0.1) is 0 Å². The predicted octanol–water partition coefficient (Wildman–Crippen LogP) is 2.36. The first kappa shape index (κ1) is 15.7. The van der Waals surface area contributed by atoms with Gasteiger partial charge in [-0.2, -0.15) is 0 Å². The molecular formula is C17H21N3O3. The van der Waals surface area contributed by atoms with E-state index in [1.54, 1.807) is 23.4 Å². The molecule has 3 heterocycles. The first-order chi connectivity index (χ1) is 11.2. The summed E-state index contributed by atoms with van der Waals surface area (Å²) in [6, 6.07) is 5.33. The number of aliphatic hydroxyl groups is 1. The van der Waals surface area contributed by atoms with Crippen molar-refractivity contribution in [3.05, 3.63) is 36.3 Å². The Morgan fingerprint density at radius 2 is 2.22 bits per heavy atom. The lowest BCUT2D eigenvalue weighted by Crippen LogP contribution is -2.44. The number of pyridine rings is 1. The third kappa shape index (κ3) is 3.12. The van der Waals surface area contributed by atoms with Gasteiger partial charge in [0, 0.05) is 43.7 Å². The van der Waals surface area contributed by atoms with Gasteiger partial charge >= 0.3 is 0 Å². The number of carbonyl (C=O) groups excluding carboxylic acids is 1. The fourth-order valence-electron chi connectivity index (χ4n) is 2.99. The van der Waals surface area contributed by atoms with Crippen molar-refractivity contribution in [3.63, 3.8) is 0 Å². The van der Waals surface area contributed by atoms with Crippen molar-refractivity contribution < 1.29 is 14.4 Å². The molecule has 0 bridgehead atoms. The van der Waals surface area contributed by atoms with Crippen molar-refractivity contribution in [1.29, 1.82) is 0 Å². The zero-order valence-corrected chi connectivity index (χ0v) is 13.2. The molecule has 6 nitrogen and oxygen atoms in total. The molecule has 0 unspecified atom stereocenters. The van der Waals surface area contributed by atoms with Crippen LogP contribution in [0.5, 0.6) is 0 Å². The van der Waals surface area contributed by atoms with Crippen LogP contribution in [0.4, 0.5) is 0 Å². The highest BCUT2D eigenvalue weighted by atomic mass is 16.5. The molecule has 2 aromatic heterocycles. The molecule has 0 aliphatic carbocycles. The molecule has 0 aromatic carbocycles. The van der Waals surface area contributed by atoms with E-state index in [0.29, 0.717) is 24.5 Å². The van der Waals surface area contributed by atoms with E-state index in [0.717, 1.165) is 24.8 Å². The maximum Gasteiger partial charge on any atom is 0.276 e. The Kier molecular flexibility index (Phi) is 4.43. The summed E-state index contributed by atoms with van der Waals surface area (Å²) in [6.07, 6.45) is 5.92. The number of hydrogen-bond donors (Lipinski definition) is 1. The fraction of sp³-hybridized carbons (Fsp3) is 0.471. The van der Waals surface area contributed by atoms with Crippen molar-refractivity contribution in [1.82, 2.24) is 15.0 Å². The molecule has 23 heavy (non-hydrogen) atoms. The van der Waals surface area contributed by atoms with Gasteiger partial charge in [0.1, 0.15) is 0 Å². The quantitative estimate of drug-likeness (QED) is 0.937. The van der Waals surface area contributed by atoms with E-state index < -0.39 is 0 Å². The molecule has 0 saturated carbocycles. The van der Waals surface area contributed by atoms with E-state index in [9.17, 15) is 9.90 Å². The number of piperidine rings is 1. The van der Waals surface area contributed by atoms with Crippen molar-refractivity contribution in [2.24, 2.45) is 5.41 Å². The minimum atomic E-state index is -0.119. The summed E-state index contributed by atoms with van der Waals surface area (Å²) in [5.41, 5.74) is 1.07. The molecule has 6 heteroatoms. The summed E-state index contributed by atoms with van der Waals surface area (Å²) in [5, 5.41) is 13.5. The number of nitrogens with zero attached hydrogens (tertiary/aromatic N) is 3. The number of likely N-dealkylation sites (tertiary alicyclic amines) is 1. The highest BCUT2D eigenvalue weighted by molar-refractivity contribution is 5.93. The lowest BCUT2D eigenvalue weighted by Gasteiger charge is -2.39. The average molecular weight is 315 g/mol. The van der Waals surface area contributed by atoms with Gasteiger partial charge in [0.25, 0.3) is 5.91 Å². The smallest absolute Gasteiger partial charge is 0.276 e. The van der Waals surface area contributed by atoms with E-state index in [-0.39, 0.29) is 17.9 Å². The number of aromatic nitrogens is 2. The zero-order valence-electron chi connectivity index (χ0n) is 13.2. The Bertz CT molecular complexity index is 655. The Balaban J connectivity index is 1.69. The van der Waals surface area contributed by atoms with Crippen LogP contribution in [-0.4, -0.2) is 45.8 Å². The normalized spacial score (nSPS) is 17.2. The van der Waals surface area contributed by atoms with Gasteiger partial charge in [-0.25, -0.2) is 0 Å². The summed E-state index contributed by atoms with van der Waals surface area (Å²) in [7, 11) is 0. The Labute approximate surface area is 135 Å². The summed E-state index contributed by atoms with van der Waals surface area (Å²) in [5.74, 6) is 0.420. The summed E-state index contributed by atoms with van der Waals surface area (Å²) < 4.78 is 5.27. The second-order valence-electron chi connectivity index (χ2n) is 6.12. The van der Waals surface area contributed by atoms with Crippen LogP contribution < -0.4 is 0 Å². The number of aliphatic hydroxyl groups excluding tert-OH is 1. The van der Waals surface area contributed by atoms with E-state index >= 15 is 0 Å². The van der Waals surface area contributed by atoms with Gasteiger partial charge in [0.15, 0.2) is 11.5 Å². The van der Waals surface area contributed by atoms with E-state index in [4.69, 9.17) is 4.52 Å². The van der Waals surface area contributed by atoms with E-state index in [1.807, 2.05) is 12.1 Å². The molecule has 3 rings (SSSR count). The Morgan fingerprint density at radius 1 is 1.43 bits per heavy atom. The fourth-order valence-corrected chi connectivity index (χ4v) is 2.99. The van der Waals surface area contributed by atoms with Crippen LogP contribution >= 0.6 is 0 Å². The van der Waals surface area contributed by atoms with Crippen LogP contribution in [0.25, 0.3) is 11.3 Å². The molecule has 122 valence electrons. The highest BCUT2D eigenvalue weighted by Gasteiger charge is 2.34. The van der Waals surface area contributed by atoms with Crippen molar-refractivity contribution in [3.8, 4) is 11.3 Å². The topological polar surface area (TPSA) is 79.5 Å². The first-order valence-electron chi connectivity index (χ1n) is 7.95. The van der Waals surface area contributed by atoms with Gasteiger partial charge in [-0.05, 0) is 36.8 Å². The van der Waals surface area contributed by atoms with Crippen molar-refractivity contribution >= 4 is 5.91 Å². The molecular weight excluding hydrogens is 294 g/mol. The van der Waals surface area contributed by atoms with E-state index in [2.05, 4.69) is 17.1 Å². The maximum atomic E-state index is 12.6. The third-order valence-corrected chi connectivity index (χ3v) is 4.87. The summed E-state index contributed by atoms with van der Waals surface area (Å²) in [6.45, 7) is 3.55. The van der Waals surface area contributed by atoms with Crippen molar-refractivity contribution in [2.45, 2.75) is 26.2 Å². The van der Waals surface area contributed by atoms with Crippen LogP contribution in [0.1, 0.15) is 36.7 Å². The predicted molar refractivity (Wildman–Crippen MR) is 84.7 cm³/mol. The highest BCUT2D eigenvalue weighted by Crippen LogP contribution is 2.34. The summed E-state index contributed by atoms with van der Waals surface area (Å²) in [4.78, 5) is 18.4. The number of hydrogen-bond acceptors (Lipinski definition) is 5. The largest absolute Gasteiger partial charge is 0.396 e.